The van der Waals surface area contributed by atoms with Crippen LogP contribution >= 0.6 is 0 Å². The van der Waals surface area contributed by atoms with Crippen LogP contribution in [0.4, 0.5) is 5.82 Å². The molecule has 1 N–H and O–H groups in total. The van der Waals surface area contributed by atoms with Crippen LogP contribution in [0.15, 0.2) is 23.5 Å². The smallest absolute Gasteiger partial charge is 0.335 e. The fourth-order valence-corrected chi connectivity index (χ4v) is 1.66. The number of nitroso groups, excluding NO2 is 1. The van der Waals surface area contributed by atoms with E-state index in [-0.39, 0.29) is 17.3 Å². The van der Waals surface area contributed by atoms with Crippen LogP contribution in [0.2, 0.25) is 0 Å². The van der Waals surface area contributed by atoms with E-state index in [1.807, 2.05) is 13.8 Å². The van der Waals surface area contributed by atoms with Crippen LogP contribution in [0.5, 0.6) is 0 Å². The van der Waals surface area contributed by atoms with Crippen molar-refractivity contribution < 1.29 is 9.90 Å². The molecule has 0 atom stereocenters. The molecule has 6 heteroatoms. The van der Waals surface area contributed by atoms with Crippen molar-refractivity contribution in [3.8, 4) is 0 Å². The van der Waals surface area contributed by atoms with Crippen molar-refractivity contribution in [3.05, 3.63) is 34.5 Å². The standard InChI is InChI=1S/C11H11N3O3/c1-6(2)9-10(13-17)14-4-3-7(11(15)16)5-8(14)12-9/h3-6H,1-2H3,(H,15,16). The number of aromatic carboxylic acids is 1. The van der Waals surface area contributed by atoms with Gasteiger partial charge in [0.2, 0.25) is 5.82 Å². The molecule has 0 aliphatic heterocycles. The number of nitrogens with zero attached hydrogens (tertiary/aromatic N) is 3. The van der Waals surface area contributed by atoms with Crippen molar-refractivity contribution in [2.24, 2.45) is 5.18 Å². The molecule has 0 bridgehead atoms. The number of hydrogen-bond acceptors (Lipinski definition) is 4. The van der Waals surface area contributed by atoms with E-state index in [0.29, 0.717) is 11.3 Å². The maximum absolute atomic E-state index is 10.8. The number of hydrogen-bond donors (Lipinski definition) is 1. The summed E-state index contributed by atoms with van der Waals surface area (Å²) in [7, 11) is 0. The first-order chi connectivity index (χ1) is 8.04. The summed E-state index contributed by atoms with van der Waals surface area (Å²) in [5, 5.41) is 11.8. The number of imidazole rings is 1. The van der Waals surface area contributed by atoms with Gasteiger partial charge < -0.3 is 5.11 Å². The van der Waals surface area contributed by atoms with Gasteiger partial charge in [0.25, 0.3) is 0 Å². The summed E-state index contributed by atoms with van der Waals surface area (Å²) in [5.41, 5.74) is 1.13. The number of carboxylic acid groups (broad SMARTS) is 1. The number of carboxylic acids is 1. The highest BCUT2D eigenvalue weighted by Gasteiger charge is 2.16. The fraction of sp³-hybridized carbons (Fsp3) is 0.273. The van der Waals surface area contributed by atoms with Crippen molar-refractivity contribution in [2.45, 2.75) is 19.8 Å². The highest BCUT2D eigenvalue weighted by atomic mass is 16.4. The van der Waals surface area contributed by atoms with Gasteiger partial charge in [-0.1, -0.05) is 13.8 Å². The van der Waals surface area contributed by atoms with Crippen LogP contribution < -0.4 is 0 Å². The molecule has 0 radical (unpaired) electrons. The Labute approximate surface area is 96.9 Å². The average Bonchev–Trinajstić information content (AvgIpc) is 2.66. The summed E-state index contributed by atoms with van der Waals surface area (Å²) >= 11 is 0. The molecule has 17 heavy (non-hydrogen) atoms. The summed E-state index contributed by atoms with van der Waals surface area (Å²) in [5.74, 6) is -0.745. The molecular weight excluding hydrogens is 222 g/mol. The highest BCUT2D eigenvalue weighted by molar-refractivity contribution is 5.88. The molecule has 0 spiro atoms. The Kier molecular flexibility index (Phi) is 2.63. The van der Waals surface area contributed by atoms with Crippen LogP contribution in [0, 0.1) is 4.91 Å². The number of rotatable bonds is 3. The van der Waals surface area contributed by atoms with Gasteiger partial charge in [-0.3, -0.25) is 4.40 Å². The van der Waals surface area contributed by atoms with Crippen molar-refractivity contribution in [2.75, 3.05) is 0 Å². The van der Waals surface area contributed by atoms with Crippen LogP contribution in [0.3, 0.4) is 0 Å². The Hall–Kier alpha value is -2.24. The average molecular weight is 233 g/mol. The van der Waals surface area contributed by atoms with Gasteiger partial charge in [-0.2, -0.15) is 0 Å². The summed E-state index contributed by atoms with van der Waals surface area (Å²) in [6.45, 7) is 3.79. The van der Waals surface area contributed by atoms with E-state index in [0.717, 1.165) is 0 Å². The normalized spacial score (nSPS) is 11.0. The maximum Gasteiger partial charge on any atom is 0.335 e. The molecule has 0 aromatic carbocycles. The van der Waals surface area contributed by atoms with Crippen molar-refractivity contribution >= 4 is 17.4 Å². The second kappa shape index (κ2) is 3.97. The van der Waals surface area contributed by atoms with E-state index < -0.39 is 5.97 Å². The lowest BCUT2D eigenvalue weighted by atomic mass is 10.1. The molecule has 2 heterocycles. The minimum absolute atomic E-state index is 0.0517. The van der Waals surface area contributed by atoms with Crippen LogP contribution in [-0.2, 0) is 0 Å². The van der Waals surface area contributed by atoms with Gasteiger partial charge in [-0.05, 0) is 23.2 Å². The second-order valence-corrected chi connectivity index (χ2v) is 4.02. The largest absolute Gasteiger partial charge is 0.478 e. The van der Waals surface area contributed by atoms with Crippen molar-refractivity contribution in [3.63, 3.8) is 0 Å². The zero-order chi connectivity index (χ0) is 12.6. The molecule has 0 unspecified atom stereocenters. The summed E-state index contributed by atoms with van der Waals surface area (Å²) in [4.78, 5) is 25.8. The predicted octanol–water partition coefficient (Wildman–Crippen LogP) is 2.55. The Morgan fingerprint density at radius 1 is 1.53 bits per heavy atom. The molecule has 0 aliphatic carbocycles. The first kappa shape index (κ1) is 11.3. The third-order valence-corrected chi connectivity index (χ3v) is 2.51. The van der Waals surface area contributed by atoms with Gasteiger partial charge in [0, 0.05) is 6.20 Å². The molecule has 0 fully saturated rings. The summed E-state index contributed by atoms with van der Waals surface area (Å²) in [6, 6.07) is 2.83. The van der Waals surface area contributed by atoms with Crippen molar-refractivity contribution in [1.29, 1.82) is 0 Å². The fourth-order valence-electron chi connectivity index (χ4n) is 1.66. The van der Waals surface area contributed by atoms with Gasteiger partial charge in [0.15, 0.2) is 0 Å². The molecule has 2 rings (SSSR count). The van der Waals surface area contributed by atoms with Crippen LogP contribution in [0.1, 0.15) is 35.8 Å². The molecule has 6 nitrogen and oxygen atoms in total. The Bertz CT molecular complexity index is 601. The van der Waals surface area contributed by atoms with E-state index in [2.05, 4.69) is 10.2 Å². The third kappa shape index (κ3) is 1.77. The molecule has 88 valence electrons. The van der Waals surface area contributed by atoms with Gasteiger partial charge in [-0.25, -0.2) is 9.78 Å². The highest BCUT2D eigenvalue weighted by Crippen LogP contribution is 2.27. The lowest BCUT2D eigenvalue weighted by Crippen LogP contribution is -1.97. The topological polar surface area (TPSA) is 84.0 Å². The quantitative estimate of drug-likeness (QED) is 0.825. The van der Waals surface area contributed by atoms with Crippen LogP contribution in [-0.4, -0.2) is 20.5 Å². The van der Waals surface area contributed by atoms with Gasteiger partial charge in [-0.15, -0.1) is 4.91 Å². The molecule has 0 saturated heterocycles. The summed E-state index contributed by atoms with van der Waals surface area (Å²) < 4.78 is 1.49. The zero-order valence-corrected chi connectivity index (χ0v) is 9.41. The van der Waals surface area contributed by atoms with E-state index in [1.54, 1.807) is 0 Å². The molecule has 0 aliphatic rings. The summed E-state index contributed by atoms with van der Waals surface area (Å²) in [6.07, 6.45) is 1.49. The zero-order valence-electron chi connectivity index (χ0n) is 9.41. The van der Waals surface area contributed by atoms with E-state index >= 15 is 0 Å². The molecule has 2 aromatic rings. The van der Waals surface area contributed by atoms with E-state index in [4.69, 9.17) is 5.11 Å². The third-order valence-electron chi connectivity index (χ3n) is 2.51. The van der Waals surface area contributed by atoms with Crippen molar-refractivity contribution in [1.82, 2.24) is 9.38 Å². The van der Waals surface area contributed by atoms with Gasteiger partial charge >= 0.3 is 5.97 Å². The van der Waals surface area contributed by atoms with Gasteiger partial charge in [0.05, 0.1) is 11.3 Å². The Morgan fingerprint density at radius 2 is 2.24 bits per heavy atom. The Balaban J connectivity index is 2.73. The number of pyridine rings is 1. The lowest BCUT2D eigenvalue weighted by Gasteiger charge is -1.99. The first-order valence-corrected chi connectivity index (χ1v) is 5.13. The monoisotopic (exact) mass is 233 g/mol. The number of fused-ring (bicyclic) bond motifs is 1. The number of aromatic nitrogens is 2. The lowest BCUT2D eigenvalue weighted by molar-refractivity contribution is 0.0697. The minimum atomic E-state index is -1.03. The van der Waals surface area contributed by atoms with E-state index in [9.17, 15) is 9.70 Å². The van der Waals surface area contributed by atoms with Crippen LogP contribution in [0.25, 0.3) is 5.65 Å². The SMILES string of the molecule is CC(C)c1nc2cc(C(=O)O)ccn2c1N=O. The van der Waals surface area contributed by atoms with Gasteiger partial charge in [0.1, 0.15) is 5.65 Å². The predicted molar refractivity (Wildman–Crippen MR) is 61.7 cm³/mol. The molecule has 0 saturated carbocycles. The molecular formula is C11H11N3O3. The molecule has 0 amide bonds. The first-order valence-electron chi connectivity index (χ1n) is 5.13. The second-order valence-electron chi connectivity index (χ2n) is 4.02. The number of carbonyl (C=O) groups is 1. The maximum atomic E-state index is 10.8. The Morgan fingerprint density at radius 3 is 2.76 bits per heavy atom. The molecule has 2 aromatic heterocycles. The minimum Gasteiger partial charge on any atom is -0.478 e. The van der Waals surface area contributed by atoms with E-state index in [1.165, 1.54) is 22.7 Å².